The number of benzene rings is 2. The van der Waals surface area contributed by atoms with Crippen molar-refractivity contribution in [2.24, 2.45) is 0 Å². The predicted molar refractivity (Wildman–Crippen MR) is 99.4 cm³/mol. The molecule has 1 heterocycles. The maximum absolute atomic E-state index is 12.3. The predicted octanol–water partition coefficient (Wildman–Crippen LogP) is 2.11. The molecule has 0 unspecified atom stereocenters. The third-order valence-corrected chi connectivity index (χ3v) is 4.35. The number of carbonyl (C=O) groups is 4. The molecule has 0 aromatic heterocycles. The lowest BCUT2D eigenvalue weighted by Gasteiger charge is -2.15. The average Bonchev–Trinajstić information content (AvgIpc) is 2.96. The molecule has 0 radical (unpaired) electrons. The Hall–Kier alpha value is -3.68. The summed E-state index contributed by atoms with van der Waals surface area (Å²) < 4.78 is 9.80. The number of anilines is 1. The maximum atomic E-state index is 12.3. The average molecular weight is 382 g/mol. The lowest BCUT2D eigenvalue weighted by molar-refractivity contribution is -0.116. The van der Waals surface area contributed by atoms with Crippen LogP contribution in [0.25, 0.3) is 0 Å². The summed E-state index contributed by atoms with van der Waals surface area (Å²) in [6.45, 7) is -0.0676. The Morgan fingerprint density at radius 1 is 1.00 bits per heavy atom. The Kier molecular flexibility index (Phi) is 5.39. The highest BCUT2D eigenvalue weighted by Gasteiger charge is 2.35. The van der Waals surface area contributed by atoms with Crippen molar-refractivity contribution < 1.29 is 28.7 Å². The standard InChI is InChI=1S/C20H18N2O6/c1-27-12-7-8-16(15(11-12)20(26)28-2)21-17(23)9-10-22-18(24)13-5-3-4-6-14(13)19(22)25/h3-8,11H,9-10H2,1-2H3,(H,21,23). The van der Waals surface area contributed by atoms with E-state index >= 15 is 0 Å². The van der Waals surface area contributed by atoms with Crippen molar-refractivity contribution in [2.75, 3.05) is 26.1 Å². The Labute approximate surface area is 161 Å². The van der Waals surface area contributed by atoms with E-state index in [1.54, 1.807) is 30.3 Å². The van der Waals surface area contributed by atoms with Crippen LogP contribution < -0.4 is 10.1 Å². The molecule has 3 amide bonds. The second kappa shape index (κ2) is 7.91. The minimum Gasteiger partial charge on any atom is -0.497 e. The number of ether oxygens (including phenoxy) is 2. The molecule has 8 heteroatoms. The summed E-state index contributed by atoms with van der Waals surface area (Å²) in [5, 5.41) is 2.61. The van der Waals surface area contributed by atoms with E-state index in [0.717, 1.165) is 4.90 Å². The molecule has 8 nitrogen and oxygen atoms in total. The SMILES string of the molecule is COC(=O)c1cc(OC)ccc1NC(=O)CCN1C(=O)c2ccccc2C1=O. The van der Waals surface area contributed by atoms with Gasteiger partial charge in [-0.15, -0.1) is 0 Å². The van der Waals surface area contributed by atoms with Gasteiger partial charge in [-0.3, -0.25) is 19.3 Å². The molecule has 0 atom stereocenters. The molecule has 0 bridgehead atoms. The van der Waals surface area contributed by atoms with Crippen LogP contribution in [-0.4, -0.2) is 49.4 Å². The molecule has 0 saturated heterocycles. The van der Waals surface area contributed by atoms with Gasteiger partial charge in [-0.1, -0.05) is 12.1 Å². The number of amides is 3. The molecule has 3 rings (SSSR count). The van der Waals surface area contributed by atoms with Gasteiger partial charge in [0.25, 0.3) is 11.8 Å². The number of esters is 1. The monoisotopic (exact) mass is 382 g/mol. The van der Waals surface area contributed by atoms with Gasteiger partial charge < -0.3 is 14.8 Å². The van der Waals surface area contributed by atoms with Gasteiger partial charge in [0, 0.05) is 13.0 Å². The molecule has 1 aliphatic heterocycles. The molecular weight excluding hydrogens is 364 g/mol. The minimum absolute atomic E-state index is 0.0676. The molecule has 1 N–H and O–H groups in total. The van der Waals surface area contributed by atoms with Gasteiger partial charge in [0.2, 0.25) is 5.91 Å². The highest BCUT2D eigenvalue weighted by atomic mass is 16.5. The first-order chi connectivity index (χ1) is 13.5. The van der Waals surface area contributed by atoms with E-state index in [2.05, 4.69) is 5.32 Å². The molecule has 0 fully saturated rings. The highest BCUT2D eigenvalue weighted by Crippen LogP contribution is 2.24. The van der Waals surface area contributed by atoms with Crippen LogP contribution in [0, 0.1) is 0 Å². The quantitative estimate of drug-likeness (QED) is 0.606. The van der Waals surface area contributed by atoms with E-state index in [4.69, 9.17) is 9.47 Å². The summed E-state index contributed by atoms with van der Waals surface area (Å²) in [5.74, 6) is -1.49. The lowest BCUT2D eigenvalue weighted by atomic mass is 10.1. The molecular formula is C20H18N2O6. The second-order valence-electron chi connectivity index (χ2n) is 6.01. The smallest absolute Gasteiger partial charge is 0.340 e. The Bertz CT molecular complexity index is 934. The largest absolute Gasteiger partial charge is 0.497 e. The van der Waals surface area contributed by atoms with Gasteiger partial charge >= 0.3 is 5.97 Å². The third kappa shape index (κ3) is 3.57. The van der Waals surface area contributed by atoms with Crippen LogP contribution in [0.4, 0.5) is 5.69 Å². The lowest BCUT2D eigenvalue weighted by Crippen LogP contribution is -2.33. The number of carbonyl (C=O) groups excluding carboxylic acids is 4. The zero-order valence-electron chi connectivity index (χ0n) is 15.4. The molecule has 0 saturated carbocycles. The maximum Gasteiger partial charge on any atom is 0.340 e. The Balaban J connectivity index is 1.68. The third-order valence-electron chi connectivity index (χ3n) is 4.35. The fourth-order valence-corrected chi connectivity index (χ4v) is 2.91. The molecule has 144 valence electrons. The molecule has 2 aromatic carbocycles. The number of methoxy groups -OCH3 is 2. The summed E-state index contributed by atoms with van der Waals surface area (Å²) in [4.78, 5) is 50.0. The van der Waals surface area contributed by atoms with E-state index in [-0.39, 0.29) is 24.2 Å². The zero-order chi connectivity index (χ0) is 20.3. The first kappa shape index (κ1) is 19.1. The normalized spacial score (nSPS) is 12.6. The summed E-state index contributed by atoms with van der Waals surface area (Å²) in [6, 6.07) is 11.1. The summed E-state index contributed by atoms with van der Waals surface area (Å²) in [7, 11) is 2.69. The number of imide groups is 1. The number of fused-ring (bicyclic) bond motifs is 1. The van der Waals surface area contributed by atoms with Crippen molar-refractivity contribution in [1.29, 1.82) is 0 Å². The molecule has 1 aliphatic rings. The van der Waals surface area contributed by atoms with E-state index in [1.807, 2.05) is 0 Å². The highest BCUT2D eigenvalue weighted by molar-refractivity contribution is 6.21. The summed E-state index contributed by atoms with van der Waals surface area (Å²) >= 11 is 0. The number of hydrogen-bond acceptors (Lipinski definition) is 6. The molecule has 28 heavy (non-hydrogen) atoms. The number of hydrogen-bond donors (Lipinski definition) is 1. The first-order valence-corrected chi connectivity index (χ1v) is 8.47. The number of nitrogens with zero attached hydrogens (tertiary/aromatic N) is 1. The fraction of sp³-hybridized carbons (Fsp3) is 0.200. The van der Waals surface area contributed by atoms with Crippen LogP contribution in [-0.2, 0) is 9.53 Å². The van der Waals surface area contributed by atoms with Crippen molar-refractivity contribution in [3.05, 3.63) is 59.2 Å². The minimum atomic E-state index is -0.630. The second-order valence-corrected chi connectivity index (χ2v) is 6.01. The zero-order valence-corrected chi connectivity index (χ0v) is 15.4. The first-order valence-electron chi connectivity index (χ1n) is 8.47. The van der Waals surface area contributed by atoms with Crippen LogP contribution in [0.1, 0.15) is 37.5 Å². The number of nitrogens with one attached hydrogen (secondary N) is 1. The van der Waals surface area contributed by atoms with Crippen molar-refractivity contribution in [1.82, 2.24) is 4.90 Å². The molecule has 0 aliphatic carbocycles. The fourth-order valence-electron chi connectivity index (χ4n) is 2.91. The van der Waals surface area contributed by atoms with Crippen molar-refractivity contribution in [3.63, 3.8) is 0 Å². The van der Waals surface area contributed by atoms with Crippen molar-refractivity contribution in [3.8, 4) is 5.75 Å². The Morgan fingerprint density at radius 2 is 1.64 bits per heavy atom. The van der Waals surface area contributed by atoms with Crippen LogP contribution in [0.2, 0.25) is 0 Å². The van der Waals surface area contributed by atoms with Gasteiger partial charge in [0.05, 0.1) is 36.6 Å². The van der Waals surface area contributed by atoms with Gasteiger partial charge in [-0.05, 0) is 30.3 Å². The Morgan fingerprint density at radius 3 is 2.21 bits per heavy atom. The van der Waals surface area contributed by atoms with E-state index in [1.165, 1.54) is 26.4 Å². The van der Waals surface area contributed by atoms with E-state index < -0.39 is 23.7 Å². The summed E-state index contributed by atoms with van der Waals surface area (Å²) in [6.07, 6.45) is -0.113. The van der Waals surface area contributed by atoms with Gasteiger partial charge in [0.15, 0.2) is 0 Å². The van der Waals surface area contributed by atoms with Crippen LogP contribution >= 0.6 is 0 Å². The van der Waals surface area contributed by atoms with Gasteiger partial charge in [-0.2, -0.15) is 0 Å². The molecule has 0 spiro atoms. The number of rotatable bonds is 6. The van der Waals surface area contributed by atoms with E-state index in [9.17, 15) is 19.2 Å². The van der Waals surface area contributed by atoms with Crippen molar-refractivity contribution >= 4 is 29.4 Å². The van der Waals surface area contributed by atoms with E-state index in [0.29, 0.717) is 16.9 Å². The summed E-state index contributed by atoms with van der Waals surface area (Å²) in [5.41, 5.74) is 1.04. The van der Waals surface area contributed by atoms with Crippen LogP contribution in [0.15, 0.2) is 42.5 Å². The van der Waals surface area contributed by atoms with Crippen molar-refractivity contribution in [2.45, 2.75) is 6.42 Å². The van der Waals surface area contributed by atoms with Gasteiger partial charge in [-0.25, -0.2) is 4.79 Å². The topological polar surface area (TPSA) is 102 Å². The van der Waals surface area contributed by atoms with Crippen LogP contribution in [0.3, 0.4) is 0 Å². The van der Waals surface area contributed by atoms with Gasteiger partial charge in [0.1, 0.15) is 5.75 Å². The van der Waals surface area contributed by atoms with Crippen LogP contribution in [0.5, 0.6) is 5.75 Å². The molecule has 2 aromatic rings.